The van der Waals surface area contributed by atoms with Crippen molar-refractivity contribution in [2.24, 2.45) is 11.8 Å². The molecule has 0 aromatic rings. The molecule has 0 aromatic heterocycles. The molecule has 0 saturated heterocycles. The Kier molecular flexibility index (Phi) is 5.94. The molecule has 1 N–H and O–H groups in total. The van der Waals surface area contributed by atoms with Gasteiger partial charge in [-0.05, 0) is 57.5 Å². The van der Waals surface area contributed by atoms with E-state index in [9.17, 15) is 0 Å². The van der Waals surface area contributed by atoms with E-state index in [4.69, 9.17) is 4.74 Å². The lowest BCUT2D eigenvalue weighted by Crippen LogP contribution is -2.45. The van der Waals surface area contributed by atoms with E-state index >= 15 is 0 Å². The van der Waals surface area contributed by atoms with E-state index in [1.807, 2.05) is 0 Å². The molecule has 1 aliphatic rings. The SMILES string of the molecule is CC(C)CNCCC1(OC(C)C(C)C)CCC1. The molecule has 0 radical (unpaired) electrons. The minimum atomic E-state index is 0.202. The Morgan fingerprint density at radius 3 is 2.18 bits per heavy atom. The van der Waals surface area contributed by atoms with E-state index in [1.165, 1.54) is 25.7 Å². The van der Waals surface area contributed by atoms with Gasteiger partial charge < -0.3 is 10.1 Å². The summed E-state index contributed by atoms with van der Waals surface area (Å²) in [6.07, 6.45) is 5.42. The Bertz CT molecular complexity index is 209. The second kappa shape index (κ2) is 6.75. The molecule has 1 atom stereocenters. The van der Waals surface area contributed by atoms with Crippen LogP contribution in [0.25, 0.3) is 0 Å². The van der Waals surface area contributed by atoms with Crippen LogP contribution in [0.2, 0.25) is 0 Å². The fourth-order valence-electron chi connectivity index (χ4n) is 2.24. The predicted molar refractivity (Wildman–Crippen MR) is 74.3 cm³/mol. The highest BCUT2D eigenvalue weighted by Crippen LogP contribution is 2.40. The number of ether oxygens (including phenoxy) is 1. The maximum Gasteiger partial charge on any atom is 0.0698 e. The second-order valence-electron chi connectivity index (χ2n) is 6.45. The number of hydrogen-bond donors (Lipinski definition) is 1. The standard InChI is InChI=1S/C15H31NO/c1-12(2)11-16-10-9-15(7-6-8-15)17-14(5)13(3)4/h12-14,16H,6-11H2,1-5H3. The van der Waals surface area contributed by atoms with Gasteiger partial charge >= 0.3 is 0 Å². The van der Waals surface area contributed by atoms with Crippen LogP contribution < -0.4 is 5.32 Å². The molecule has 1 fully saturated rings. The van der Waals surface area contributed by atoms with E-state index < -0.39 is 0 Å². The second-order valence-corrected chi connectivity index (χ2v) is 6.45. The number of rotatable bonds is 8. The summed E-state index contributed by atoms with van der Waals surface area (Å²) in [5, 5.41) is 3.53. The van der Waals surface area contributed by atoms with Crippen LogP contribution in [0.5, 0.6) is 0 Å². The maximum atomic E-state index is 6.30. The summed E-state index contributed by atoms with van der Waals surface area (Å²) in [5.74, 6) is 1.36. The molecule has 0 heterocycles. The highest BCUT2D eigenvalue weighted by Gasteiger charge is 2.39. The number of nitrogens with one attached hydrogen (secondary N) is 1. The fourth-order valence-corrected chi connectivity index (χ4v) is 2.24. The average Bonchev–Trinajstić information content (AvgIpc) is 2.19. The molecule has 1 rings (SSSR count). The first-order valence-electron chi connectivity index (χ1n) is 7.34. The van der Waals surface area contributed by atoms with Crippen molar-refractivity contribution in [3.8, 4) is 0 Å². The van der Waals surface area contributed by atoms with Crippen molar-refractivity contribution in [2.75, 3.05) is 13.1 Å². The highest BCUT2D eigenvalue weighted by molar-refractivity contribution is 4.91. The molecule has 102 valence electrons. The smallest absolute Gasteiger partial charge is 0.0698 e. The topological polar surface area (TPSA) is 21.3 Å². The summed E-state index contributed by atoms with van der Waals surface area (Å²) in [6.45, 7) is 13.4. The molecule has 0 aliphatic heterocycles. The van der Waals surface area contributed by atoms with Crippen molar-refractivity contribution >= 4 is 0 Å². The van der Waals surface area contributed by atoms with Crippen molar-refractivity contribution in [1.29, 1.82) is 0 Å². The van der Waals surface area contributed by atoms with Crippen molar-refractivity contribution in [1.82, 2.24) is 5.32 Å². The van der Waals surface area contributed by atoms with Gasteiger partial charge in [-0.1, -0.05) is 27.7 Å². The number of hydrogen-bond acceptors (Lipinski definition) is 2. The van der Waals surface area contributed by atoms with Gasteiger partial charge in [0.1, 0.15) is 0 Å². The third kappa shape index (κ3) is 4.97. The zero-order valence-corrected chi connectivity index (χ0v) is 12.4. The molecule has 2 nitrogen and oxygen atoms in total. The lowest BCUT2D eigenvalue weighted by atomic mass is 9.77. The molecule has 1 unspecified atom stereocenters. The summed E-state index contributed by atoms with van der Waals surface area (Å²) in [6, 6.07) is 0. The van der Waals surface area contributed by atoms with Crippen molar-refractivity contribution in [3.63, 3.8) is 0 Å². The summed E-state index contributed by atoms with van der Waals surface area (Å²) in [4.78, 5) is 0. The minimum Gasteiger partial charge on any atom is -0.372 e. The van der Waals surface area contributed by atoms with Crippen LogP contribution in [0, 0.1) is 11.8 Å². The van der Waals surface area contributed by atoms with Gasteiger partial charge in [0.2, 0.25) is 0 Å². The lowest BCUT2D eigenvalue weighted by molar-refractivity contribution is -0.149. The van der Waals surface area contributed by atoms with Gasteiger partial charge in [-0.15, -0.1) is 0 Å². The van der Waals surface area contributed by atoms with Gasteiger partial charge in [0, 0.05) is 0 Å². The molecule has 1 saturated carbocycles. The molecule has 2 heteroatoms. The van der Waals surface area contributed by atoms with Crippen LogP contribution in [0.15, 0.2) is 0 Å². The Labute approximate surface area is 108 Å². The van der Waals surface area contributed by atoms with Crippen molar-refractivity contribution < 1.29 is 4.74 Å². The first-order chi connectivity index (χ1) is 7.95. The largest absolute Gasteiger partial charge is 0.372 e. The zero-order chi connectivity index (χ0) is 12.9. The Morgan fingerprint density at radius 2 is 1.76 bits per heavy atom. The molecule has 0 bridgehead atoms. The molecule has 17 heavy (non-hydrogen) atoms. The molecular formula is C15H31NO. The summed E-state index contributed by atoms with van der Waals surface area (Å²) < 4.78 is 6.30. The van der Waals surface area contributed by atoms with Crippen molar-refractivity contribution in [3.05, 3.63) is 0 Å². The first kappa shape index (κ1) is 15.0. The van der Waals surface area contributed by atoms with Crippen LogP contribution in [0.4, 0.5) is 0 Å². The highest BCUT2D eigenvalue weighted by atomic mass is 16.5. The lowest BCUT2D eigenvalue weighted by Gasteiger charge is -2.44. The summed E-state index contributed by atoms with van der Waals surface area (Å²) in [5.41, 5.74) is 0.202. The quantitative estimate of drug-likeness (QED) is 0.656. The third-order valence-electron chi connectivity index (χ3n) is 3.95. The van der Waals surface area contributed by atoms with Gasteiger partial charge in [-0.25, -0.2) is 0 Å². The summed E-state index contributed by atoms with van der Waals surface area (Å²) >= 11 is 0. The third-order valence-corrected chi connectivity index (χ3v) is 3.95. The Hall–Kier alpha value is -0.0800. The van der Waals surface area contributed by atoms with Crippen molar-refractivity contribution in [2.45, 2.75) is 72.0 Å². The minimum absolute atomic E-state index is 0.202. The van der Waals surface area contributed by atoms with Gasteiger partial charge in [-0.3, -0.25) is 0 Å². The molecule has 1 aliphatic carbocycles. The fraction of sp³-hybridized carbons (Fsp3) is 1.00. The predicted octanol–water partition coefficient (Wildman–Crippen LogP) is 3.61. The van der Waals surface area contributed by atoms with Gasteiger partial charge in [0.25, 0.3) is 0 Å². The van der Waals surface area contributed by atoms with Gasteiger partial charge in [-0.2, -0.15) is 0 Å². The van der Waals surface area contributed by atoms with Crippen LogP contribution >= 0.6 is 0 Å². The van der Waals surface area contributed by atoms with E-state index in [0.29, 0.717) is 12.0 Å². The average molecular weight is 241 g/mol. The van der Waals surface area contributed by atoms with E-state index in [-0.39, 0.29) is 5.60 Å². The van der Waals surface area contributed by atoms with E-state index in [0.717, 1.165) is 19.0 Å². The summed E-state index contributed by atoms with van der Waals surface area (Å²) in [7, 11) is 0. The van der Waals surface area contributed by atoms with Gasteiger partial charge in [0.15, 0.2) is 0 Å². The van der Waals surface area contributed by atoms with E-state index in [2.05, 4.69) is 39.9 Å². The van der Waals surface area contributed by atoms with Crippen LogP contribution in [0.3, 0.4) is 0 Å². The first-order valence-corrected chi connectivity index (χ1v) is 7.34. The zero-order valence-electron chi connectivity index (χ0n) is 12.4. The Morgan fingerprint density at radius 1 is 1.12 bits per heavy atom. The normalized spacial score (nSPS) is 20.6. The van der Waals surface area contributed by atoms with E-state index in [1.54, 1.807) is 0 Å². The molecule has 0 spiro atoms. The molecular weight excluding hydrogens is 210 g/mol. The van der Waals surface area contributed by atoms with Crippen LogP contribution in [-0.2, 0) is 4.74 Å². The van der Waals surface area contributed by atoms with Gasteiger partial charge in [0.05, 0.1) is 11.7 Å². The molecule has 0 amide bonds. The molecule has 0 aromatic carbocycles. The van der Waals surface area contributed by atoms with Crippen LogP contribution in [-0.4, -0.2) is 24.8 Å². The maximum absolute atomic E-state index is 6.30. The monoisotopic (exact) mass is 241 g/mol. The Balaban J connectivity index is 2.26. The van der Waals surface area contributed by atoms with Crippen LogP contribution in [0.1, 0.15) is 60.3 Å².